The van der Waals surface area contributed by atoms with E-state index in [0.29, 0.717) is 29.3 Å². The van der Waals surface area contributed by atoms with E-state index >= 15 is 0 Å². The highest BCUT2D eigenvalue weighted by molar-refractivity contribution is 6.35. The molecule has 7 heteroatoms. The Kier molecular flexibility index (Phi) is 5.32. The summed E-state index contributed by atoms with van der Waals surface area (Å²) < 4.78 is 0. The van der Waals surface area contributed by atoms with E-state index in [2.05, 4.69) is 9.88 Å². The zero-order valence-corrected chi connectivity index (χ0v) is 15.8. The number of aliphatic hydroxyl groups excluding tert-OH is 2. The number of aromatic nitrogens is 1. The summed E-state index contributed by atoms with van der Waals surface area (Å²) in [6.07, 6.45) is 1.38. The van der Waals surface area contributed by atoms with Crippen LogP contribution in [0.3, 0.4) is 0 Å². The molecule has 1 amide bonds. The summed E-state index contributed by atoms with van der Waals surface area (Å²) in [6, 6.07) is 9.13. The fourth-order valence-corrected chi connectivity index (χ4v) is 4.36. The summed E-state index contributed by atoms with van der Waals surface area (Å²) in [5.41, 5.74) is 0.967. The van der Waals surface area contributed by atoms with E-state index in [0.717, 1.165) is 37.7 Å². The Morgan fingerprint density at radius 2 is 1.85 bits per heavy atom. The van der Waals surface area contributed by atoms with Crippen LogP contribution in [0, 0.1) is 0 Å². The highest BCUT2D eigenvalue weighted by Crippen LogP contribution is 2.24. The third-order valence-electron chi connectivity index (χ3n) is 5.69. The zero-order valence-electron chi connectivity index (χ0n) is 15.1. The molecule has 2 saturated heterocycles. The first-order valence-corrected chi connectivity index (χ1v) is 9.85. The molecular weight excluding hydrogens is 366 g/mol. The first-order chi connectivity index (χ1) is 13.0. The molecule has 0 aliphatic carbocycles. The van der Waals surface area contributed by atoms with E-state index in [4.69, 9.17) is 11.6 Å². The summed E-state index contributed by atoms with van der Waals surface area (Å²) >= 11 is 6.21. The van der Waals surface area contributed by atoms with Crippen LogP contribution in [-0.2, 0) is 0 Å². The molecule has 3 heterocycles. The van der Waals surface area contributed by atoms with Crippen molar-refractivity contribution in [2.75, 3.05) is 26.2 Å². The highest BCUT2D eigenvalue weighted by atomic mass is 35.5. The van der Waals surface area contributed by atoms with Crippen LogP contribution >= 0.6 is 11.6 Å². The van der Waals surface area contributed by atoms with Crippen LogP contribution < -0.4 is 0 Å². The van der Waals surface area contributed by atoms with Gasteiger partial charge in [-0.25, -0.2) is 4.98 Å². The lowest BCUT2D eigenvalue weighted by molar-refractivity contribution is -0.0292. The van der Waals surface area contributed by atoms with Crippen molar-refractivity contribution in [3.63, 3.8) is 0 Å². The molecule has 1 aromatic heterocycles. The van der Waals surface area contributed by atoms with E-state index in [9.17, 15) is 15.0 Å². The highest BCUT2D eigenvalue weighted by Gasteiger charge is 2.35. The number of para-hydroxylation sites is 1. The normalized spacial score (nSPS) is 25.1. The number of hydrogen-bond donors (Lipinski definition) is 2. The number of hydrogen-bond acceptors (Lipinski definition) is 5. The maximum absolute atomic E-state index is 12.9. The van der Waals surface area contributed by atoms with Gasteiger partial charge in [0.2, 0.25) is 0 Å². The van der Waals surface area contributed by atoms with Crippen LogP contribution in [0.1, 0.15) is 29.8 Å². The number of carbonyl (C=O) groups excluding carboxylic acids is 1. The summed E-state index contributed by atoms with van der Waals surface area (Å²) in [4.78, 5) is 21.3. The molecule has 2 aliphatic rings. The maximum Gasteiger partial charge on any atom is 0.272 e. The van der Waals surface area contributed by atoms with Crippen molar-refractivity contribution in [3.05, 3.63) is 41.0 Å². The summed E-state index contributed by atoms with van der Waals surface area (Å²) in [5.74, 6) is -0.177. The van der Waals surface area contributed by atoms with Gasteiger partial charge in [-0.3, -0.25) is 9.69 Å². The minimum Gasteiger partial charge on any atom is -0.393 e. The van der Waals surface area contributed by atoms with Gasteiger partial charge in [0, 0.05) is 37.6 Å². The third kappa shape index (κ3) is 3.80. The Bertz CT molecular complexity index is 838. The fraction of sp³-hybridized carbons (Fsp3) is 0.500. The topological polar surface area (TPSA) is 76.9 Å². The first kappa shape index (κ1) is 18.6. The van der Waals surface area contributed by atoms with Gasteiger partial charge in [-0.15, -0.1) is 0 Å². The van der Waals surface area contributed by atoms with Crippen LogP contribution in [0.15, 0.2) is 30.3 Å². The third-order valence-corrected chi connectivity index (χ3v) is 6.00. The number of nitrogens with zero attached hydrogens (tertiary/aromatic N) is 3. The quantitative estimate of drug-likeness (QED) is 0.820. The van der Waals surface area contributed by atoms with Crippen molar-refractivity contribution >= 4 is 28.4 Å². The summed E-state index contributed by atoms with van der Waals surface area (Å²) in [5, 5.41) is 21.7. The molecule has 144 valence electrons. The van der Waals surface area contributed by atoms with Crippen LogP contribution in [-0.4, -0.2) is 75.3 Å². The number of pyridine rings is 1. The van der Waals surface area contributed by atoms with Crippen molar-refractivity contribution in [2.24, 2.45) is 0 Å². The number of halogens is 1. The molecule has 2 N–H and O–H groups in total. The Morgan fingerprint density at radius 3 is 2.59 bits per heavy atom. The van der Waals surface area contributed by atoms with Gasteiger partial charge in [0.05, 0.1) is 22.7 Å². The minimum atomic E-state index is -0.595. The van der Waals surface area contributed by atoms with Crippen LogP contribution in [0.2, 0.25) is 5.02 Å². The van der Waals surface area contributed by atoms with Crippen molar-refractivity contribution in [1.82, 2.24) is 14.8 Å². The number of fused-ring (bicyclic) bond motifs is 1. The largest absolute Gasteiger partial charge is 0.393 e. The number of piperidine rings is 2. The van der Waals surface area contributed by atoms with Gasteiger partial charge in [-0.2, -0.15) is 0 Å². The van der Waals surface area contributed by atoms with Crippen molar-refractivity contribution < 1.29 is 15.0 Å². The van der Waals surface area contributed by atoms with Gasteiger partial charge in [0.1, 0.15) is 5.69 Å². The number of rotatable bonds is 2. The fourth-order valence-electron chi connectivity index (χ4n) is 4.14. The van der Waals surface area contributed by atoms with Gasteiger partial charge in [0.15, 0.2) is 0 Å². The predicted octanol–water partition coefficient (Wildman–Crippen LogP) is 1.92. The van der Waals surface area contributed by atoms with Crippen molar-refractivity contribution in [1.29, 1.82) is 0 Å². The first-order valence-electron chi connectivity index (χ1n) is 9.47. The second kappa shape index (κ2) is 7.72. The number of β-amino-alcohol motifs (C(OH)–C–C–N with tert-alkyl or cyclic N) is 1. The summed E-state index contributed by atoms with van der Waals surface area (Å²) in [7, 11) is 0. The standard InChI is InChI=1S/C20H24ClN3O3/c21-15-3-1-2-13-4-5-16(22-19(13)15)20(27)24-11-8-17(18(26)12-24)23-9-6-14(25)7-10-23/h1-5,14,17-18,25-26H,6-12H2/t17-,18-/m1/s1. The monoisotopic (exact) mass is 389 g/mol. The molecule has 1 aromatic carbocycles. The van der Waals surface area contributed by atoms with Crippen molar-refractivity contribution in [2.45, 2.75) is 37.5 Å². The van der Waals surface area contributed by atoms with E-state index in [1.807, 2.05) is 18.2 Å². The number of likely N-dealkylation sites (tertiary alicyclic amines) is 2. The second-order valence-electron chi connectivity index (χ2n) is 7.45. The predicted molar refractivity (Wildman–Crippen MR) is 104 cm³/mol. The molecule has 0 radical (unpaired) electrons. The number of carbonyl (C=O) groups is 1. The molecule has 0 spiro atoms. The molecule has 27 heavy (non-hydrogen) atoms. The SMILES string of the molecule is O=C(c1ccc2cccc(Cl)c2n1)N1CC[C@@H](N2CCC(O)CC2)[C@H](O)C1. The Morgan fingerprint density at radius 1 is 1.07 bits per heavy atom. The van der Waals surface area contributed by atoms with E-state index in [-0.39, 0.29) is 18.1 Å². The van der Waals surface area contributed by atoms with Crippen LogP contribution in [0.4, 0.5) is 0 Å². The lowest BCUT2D eigenvalue weighted by Gasteiger charge is -2.43. The van der Waals surface area contributed by atoms with Gasteiger partial charge < -0.3 is 15.1 Å². The Hall–Kier alpha value is -1.73. The minimum absolute atomic E-state index is 0.0422. The van der Waals surface area contributed by atoms with Gasteiger partial charge in [-0.05, 0) is 31.4 Å². The maximum atomic E-state index is 12.9. The number of benzene rings is 1. The molecule has 2 fully saturated rings. The van der Waals surface area contributed by atoms with E-state index < -0.39 is 6.10 Å². The van der Waals surface area contributed by atoms with Crippen molar-refractivity contribution in [3.8, 4) is 0 Å². The molecule has 2 atom stereocenters. The zero-order chi connectivity index (χ0) is 19.0. The van der Waals surface area contributed by atoms with Crippen LogP contribution in [0.25, 0.3) is 10.9 Å². The van der Waals surface area contributed by atoms with E-state index in [1.165, 1.54) is 0 Å². The average molecular weight is 390 g/mol. The Balaban J connectivity index is 1.45. The number of aliphatic hydroxyl groups is 2. The van der Waals surface area contributed by atoms with E-state index in [1.54, 1.807) is 17.0 Å². The molecule has 4 rings (SSSR count). The van der Waals surface area contributed by atoms with Gasteiger partial charge in [-0.1, -0.05) is 29.8 Å². The van der Waals surface area contributed by atoms with Gasteiger partial charge >= 0.3 is 0 Å². The average Bonchev–Trinajstić information content (AvgIpc) is 2.68. The smallest absolute Gasteiger partial charge is 0.272 e. The molecular formula is C20H24ClN3O3. The number of amides is 1. The molecule has 2 aromatic rings. The molecule has 6 nitrogen and oxygen atoms in total. The Labute approximate surface area is 163 Å². The summed E-state index contributed by atoms with van der Waals surface area (Å²) in [6.45, 7) is 2.47. The lowest BCUT2D eigenvalue weighted by atomic mass is 9.96. The van der Waals surface area contributed by atoms with Gasteiger partial charge in [0.25, 0.3) is 5.91 Å². The second-order valence-corrected chi connectivity index (χ2v) is 7.86. The molecule has 0 bridgehead atoms. The molecule has 0 unspecified atom stereocenters. The van der Waals surface area contributed by atoms with Crippen LogP contribution in [0.5, 0.6) is 0 Å². The molecule has 2 aliphatic heterocycles. The molecule has 0 saturated carbocycles. The lowest BCUT2D eigenvalue weighted by Crippen LogP contribution is -2.57.